The van der Waals surface area contributed by atoms with Gasteiger partial charge in [0, 0.05) is 39.5 Å². The van der Waals surface area contributed by atoms with E-state index in [2.05, 4.69) is 114 Å². The van der Waals surface area contributed by atoms with Crippen molar-refractivity contribution in [1.29, 1.82) is 0 Å². The molecule has 0 spiro atoms. The number of rotatable bonds is 4. The Bertz CT molecular complexity index is 2610. The van der Waals surface area contributed by atoms with Gasteiger partial charge in [0.2, 0.25) is 0 Å². The highest BCUT2D eigenvalue weighted by atomic mass is 15.1. The lowest BCUT2D eigenvalue weighted by atomic mass is 9.87. The van der Waals surface area contributed by atoms with Crippen LogP contribution in [0.15, 0.2) is 134 Å². The second kappa shape index (κ2) is 11.2. The molecule has 49 heavy (non-hydrogen) atoms. The third kappa shape index (κ3) is 4.61. The molecule has 2 aliphatic rings. The number of aromatic nitrogens is 5. The molecule has 0 saturated carbocycles. The minimum Gasteiger partial charge on any atom is -0.298 e. The van der Waals surface area contributed by atoms with Crippen LogP contribution < -0.4 is 0 Å². The molecule has 3 heterocycles. The molecule has 5 nitrogen and oxygen atoms in total. The summed E-state index contributed by atoms with van der Waals surface area (Å²) in [6, 6.07) is 42.9. The summed E-state index contributed by atoms with van der Waals surface area (Å²) in [5.74, 6) is 2.80. The van der Waals surface area contributed by atoms with Crippen molar-refractivity contribution in [3.8, 4) is 51.1 Å². The fourth-order valence-electron chi connectivity index (χ4n) is 7.73. The van der Waals surface area contributed by atoms with Crippen molar-refractivity contribution in [1.82, 2.24) is 24.5 Å². The van der Waals surface area contributed by atoms with Crippen molar-refractivity contribution >= 4 is 27.8 Å². The fraction of sp³-hybridized carbons (Fsp3) is 0.0909. The predicted molar refractivity (Wildman–Crippen MR) is 198 cm³/mol. The van der Waals surface area contributed by atoms with Crippen LogP contribution in [0.5, 0.6) is 0 Å². The summed E-state index contributed by atoms with van der Waals surface area (Å²) in [5.41, 5.74) is 11.9. The zero-order chi connectivity index (χ0) is 32.3. The number of hydrogen-bond acceptors (Lipinski definition) is 4. The lowest BCUT2D eigenvalue weighted by Gasteiger charge is -2.19. The molecule has 5 aromatic carbocycles. The lowest BCUT2D eigenvalue weighted by molar-refractivity contribution is 0.852. The van der Waals surface area contributed by atoms with Crippen molar-refractivity contribution < 1.29 is 0 Å². The summed E-state index contributed by atoms with van der Waals surface area (Å²) in [4.78, 5) is 20.2. The Kier molecular flexibility index (Phi) is 6.37. The standard InChI is InChI=1S/C44H31N5/c1-2-13-31(14-3-1)42-46-43(33-19-18-28-10-4-5-15-32(28)26-33)48-44(47-42)34-24-25-45-39(27-34)49-37-22-20-29-11-6-8-16-35(29)40(37)41-36-17-9-7-12-30(36)21-23-38(41)49/h1-3,5-9,11-20,22,24-27H,4,10,21,23H2. The minimum atomic E-state index is 0.627. The summed E-state index contributed by atoms with van der Waals surface area (Å²) in [6.07, 6.45) is 10.4. The normalized spacial score (nSPS) is 13.3. The summed E-state index contributed by atoms with van der Waals surface area (Å²) in [7, 11) is 0. The summed E-state index contributed by atoms with van der Waals surface area (Å²) >= 11 is 0. The third-order valence-corrected chi connectivity index (χ3v) is 10.1. The first-order valence-electron chi connectivity index (χ1n) is 17.0. The van der Waals surface area contributed by atoms with E-state index in [0.717, 1.165) is 53.7 Å². The number of aryl methyl sites for hydroxylation is 2. The molecule has 0 aliphatic heterocycles. The number of pyridine rings is 1. The zero-order valence-electron chi connectivity index (χ0n) is 26.8. The van der Waals surface area contributed by atoms with Crippen molar-refractivity contribution in [2.75, 3.05) is 0 Å². The molecule has 0 radical (unpaired) electrons. The first-order valence-corrected chi connectivity index (χ1v) is 17.0. The van der Waals surface area contributed by atoms with Crippen LogP contribution >= 0.6 is 0 Å². The second-order valence-electron chi connectivity index (χ2n) is 12.9. The highest BCUT2D eigenvalue weighted by Gasteiger charge is 2.27. The Labute approximate surface area is 284 Å². The van der Waals surface area contributed by atoms with Crippen LogP contribution in [0.3, 0.4) is 0 Å². The number of allylic oxidation sites excluding steroid dienone is 1. The van der Waals surface area contributed by atoms with Crippen LogP contribution in [0, 0.1) is 0 Å². The van der Waals surface area contributed by atoms with E-state index in [0.29, 0.717) is 17.5 Å². The Morgan fingerprint density at radius 3 is 2.24 bits per heavy atom. The van der Waals surface area contributed by atoms with Gasteiger partial charge in [-0.1, -0.05) is 109 Å². The fourth-order valence-corrected chi connectivity index (χ4v) is 7.73. The summed E-state index contributed by atoms with van der Waals surface area (Å²) < 4.78 is 2.37. The van der Waals surface area contributed by atoms with E-state index in [1.54, 1.807) is 0 Å². The average molecular weight is 630 g/mol. The zero-order valence-corrected chi connectivity index (χ0v) is 26.8. The van der Waals surface area contributed by atoms with Crippen molar-refractivity contribution in [3.63, 3.8) is 0 Å². The van der Waals surface area contributed by atoms with Crippen molar-refractivity contribution in [3.05, 3.63) is 156 Å². The largest absolute Gasteiger partial charge is 0.298 e. The van der Waals surface area contributed by atoms with E-state index >= 15 is 0 Å². The number of nitrogens with zero attached hydrogens (tertiary/aromatic N) is 5. The summed E-state index contributed by atoms with van der Waals surface area (Å²) in [6.45, 7) is 0. The van der Waals surface area contributed by atoms with Gasteiger partial charge in [-0.15, -0.1) is 0 Å². The predicted octanol–water partition coefficient (Wildman–Crippen LogP) is 10.1. The van der Waals surface area contributed by atoms with Crippen LogP contribution in [0.25, 0.3) is 78.9 Å². The van der Waals surface area contributed by atoms with Crippen molar-refractivity contribution in [2.45, 2.75) is 25.7 Å². The van der Waals surface area contributed by atoms with Crippen LogP contribution in [0.2, 0.25) is 0 Å². The van der Waals surface area contributed by atoms with Crippen LogP contribution in [0.4, 0.5) is 0 Å². The van der Waals surface area contributed by atoms with Crippen molar-refractivity contribution in [2.24, 2.45) is 0 Å². The summed E-state index contributed by atoms with van der Waals surface area (Å²) in [5, 5.41) is 3.78. The number of benzene rings is 5. The van der Waals surface area contributed by atoms with Crippen LogP contribution in [-0.4, -0.2) is 24.5 Å². The maximum atomic E-state index is 5.11. The van der Waals surface area contributed by atoms with E-state index in [1.807, 2.05) is 30.5 Å². The highest BCUT2D eigenvalue weighted by Crippen LogP contribution is 2.45. The maximum absolute atomic E-state index is 5.11. The molecule has 0 amide bonds. The molecule has 0 saturated heterocycles. The van der Waals surface area contributed by atoms with Gasteiger partial charge in [0.25, 0.3) is 0 Å². The molecule has 10 rings (SSSR count). The monoisotopic (exact) mass is 629 g/mol. The molecule has 0 atom stereocenters. The van der Waals surface area contributed by atoms with Crippen LogP contribution in [0.1, 0.15) is 28.8 Å². The number of hydrogen-bond donors (Lipinski definition) is 0. The van der Waals surface area contributed by atoms with E-state index in [4.69, 9.17) is 19.9 Å². The molecular formula is C44H31N5. The lowest BCUT2D eigenvalue weighted by Crippen LogP contribution is -2.09. The van der Waals surface area contributed by atoms with E-state index < -0.39 is 0 Å². The van der Waals surface area contributed by atoms with Gasteiger partial charge >= 0.3 is 0 Å². The SMILES string of the molecule is C1=Cc2cc(-c3nc(-c4ccccc4)nc(-c4ccnc(-n5c6c(c7c8ccccc8ccc75)-c5ccccc5CC6)c4)n3)ccc2CC1. The smallest absolute Gasteiger partial charge is 0.164 e. The first-order chi connectivity index (χ1) is 24.3. The van der Waals surface area contributed by atoms with Gasteiger partial charge in [0.1, 0.15) is 5.82 Å². The molecule has 0 fully saturated rings. The molecule has 3 aromatic heterocycles. The Balaban J connectivity index is 1.18. The van der Waals surface area contributed by atoms with E-state index in [-0.39, 0.29) is 0 Å². The Morgan fingerprint density at radius 2 is 1.35 bits per heavy atom. The topological polar surface area (TPSA) is 56.5 Å². The van der Waals surface area contributed by atoms with E-state index in [1.165, 1.54) is 49.7 Å². The molecule has 232 valence electrons. The molecule has 0 bridgehead atoms. The van der Waals surface area contributed by atoms with E-state index in [9.17, 15) is 0 Å². The van der Waals surface area contributed by atoms with Gasteiger partial charge in [-0.05, 0) is 83.0 Å². The first kappa shape index (κ1) is 27.9. The third-order valence-electron chi connectivity index (χ3n) is 10.1. The quantitative estimate of drug-likeness (QED) is 0.194. The van der Waals surface area contributed by atoms with Gasteiger partial charge in [0.05, 0.1) is 5.52 Å². The average Bonchev–Trinajstić information content (AvgIpc) is 3.53. The molecule has 0 N–H and O–H groups in total. The number of fused-ring (bicyclic) bond motifs is 8. The van der Waals surface area contributed by atoms with Gasteiger partial charge in [-0.3, -0.25) is 4.57 Å². The van der Waals surface area contributed by atoms with Gasteiger partial charge in [0.15, 0.2) is 17.5 Å². The molecule has 2 aliphatic carbocycles. The Morgan fingerprint density at radius 1 is 0.571 bits per heavy atom. The van der Waals surface area contributed by atoms with Gasteiger partial charge in [-0.2, -0.15) is 0 Å². The van der Waals surface area contributed by atoms with Crippen LogP contribution in [-0.2, 0) is 19.3 Å². The maximum Gasteiger partial charge on any atom is 0.164 e. The van der Waals surface area contributed by atoms with Gasteiger partial charge in [-0.25, -0.2) is 19.9 Å². The molecular weight excluding hydrogens is 599 g/mol. The second-order valence-corrected chi connectivity index (χ2v) is 12.9. The molecule has 0 unspecified atom stereocenters. The highest BCUT2D eigenvalue weighted by molar-refractivity contribution is 6.16. The molecule has 8 aromatic rings. The Hall–Kier alpha value is -6.20. The van der Waals surface area contributed by atoms with Gasteiger partial charge < -0.3 is 0 Å². The molecule has 5 heteroatoms. The minimum absolute atomic E-state index is 0.627.